The van der Waals surface area contributed by atoms with Gasteiger partial charge in [0.25, 0.3) is 11.7 Å². The molecule has 23 heavy (non-hydrogen) atoms. The molecular formula is C17H17F2NO2S. The second-order valence-electron chi connectivity index (χ2n) is 5.06. The Hall–Kier alpha value is -2.08. The fourth-order valence-corrected chi connectivity index (χ4v) is 2.58. The highest BCUT2D eigenvalue weighted by Crippen LogP contribution is 2.26. The summed E-state index contributed by atoms with van der Waals surface area (Å²) in [6.45, 7) is 3.80. The van der Waals surface area contributed by atoms with Gasteiger partial charge < -0.3 is 10.1 Å². The number of benzene rings is 2. The number of thioether (sulfide) groups is 1. The van der Waals surface area contributed by atoms with Crippen LogP contribution in [0.3, 0.4) is 0 Å². The molecule has 0 saturated heterocycles. The molecule has 0 saturated carbocycles. The predicted octanol–water partition coefficient (Wildman–Crippen LogP) is 4.64. The van der Waals surface area contributed by atoms with Gasteiger partial charge in [-0.1, -0.05) is 17.8 Å². The summed E-state index contributed by atoms with van der Waals surface area (Å²) in [7, 11) is 0. The van der Waals surface area contributed by atoms with Crippen molar-refractivity contribution >= 4 is 23.4 Å². The van der Waals surface area contributed by atoms with Crippen LogP contribution in [0.4, 0.5) is 14.5 Å². The van der Waals surface area contributed by atoms with E-state index in [1.807, 2.05) is 32.0 Å². The smallest absolute Gasteiger partial charge is 0.288 e. The first-order chi connectivity index (χ1) is 10.9. The molecule has 0 aliphatic carbocycles. The maximum atomic E-state index is 12.2. The predicted molar refractivity (Wildman–Crippen MR) is 88.3 cm³/mol. The summed E-state index contributed by atoms with van der Waals surface area (Å²) in [6.07, 6.45) is 0. The lowest BCUT2D eigenvalue weighted by atomic mass is 10.1. The Bertz CT molecular complexity index is 655. The summed E-state index contributed by atoms with van der Waals surface area (Å²) in [4.78, 5) is 12.3. The van der Waals surface area contributed by atoms with Gasteiger partial charge in [-0.15, -0.1) is 0 Å². The Morgan fingerprint density at radius 1 is 1.13 bits per heavy atom. The topological polar surface area (TPSA) is 38.3 Å². The molecule has 122 valence electrons. The molecule has 0 atom stereocenters. The van der Waals surface area contributed by atoms with Gasteiger partial charge in [-0.05, 0) is 61.4 Å². The highest BCUT2D eigenvalue weighted by molar-refractivity contribution is 7.99. The molecule has 0 aliphatic heterocycles. The number of carbonyl (C=O) groups is 1. The van der Waals surface area contributed by atoms with Crippen molar-refractivity contribution < 1.29 is 18.3 Å². The van der Waals surface area contributed by atoms with Gasteiger partial charge in [-0.3, -0.25) is 4.79 Å². The van der Waals surface area contributed by atoms with Crippen LogP contribution in [-0.4, -0.2) is 18.3 Å². The van der Waals surface area contributed by atoms with E-state index in [2.05, 4.69) is 5.32 Å². The van der Waals surface area contributed by atoms with Crippen LogP contribution in [-0.2, 0) is 4.79 Å². The van der Waals surface area contributed by atoms with Gasteiger partial charge in [0.2, 0.25) is 0 Å². The number of alkyl halides is 2. The number of rotatable bonds is 6. The number of amides is 1. The monoisotopic (exact) mass is 337 g/mol. The number of carbonyl (C=O) groups excluding carboxylic acids is 1. The normalized spacial score (nSPS) is 10.7. The van der Waals surface area contributed by atoms with Crippen LogP contribution in [0, 0.1) is 13.8 Å². The number of anilines is 1. The molecular weight excluding hydrogens is 320 g/mol. The van der Waals surface area contributed by atoms with Gasteiger partial charge in [0.15, 0.2) is 6.61 Å². The van der Waals surface area contributed by atoms with Crippen LogP contribution in [0.2, 0.25) is 0 Å². The largest absolute Gasteiger partial charge is 0.484 e. The van der Waals surface area contributed by atoms with E-state index in [1.165, 1.54) is 12.1 Å². The molecule has 2 aromatic carbocycles. The second kappa shape index (κ2) is 7.97. The number of hydrogen-bond donors (Lipinski definition) is 1. The van der Waals surface area contributed by atoms with Crippen LogP contribution < -0.4 is 10.1 Å². The average molecular weight is 337 g/mol. The zero-order valence-corrected chi connectivity index (χ0v) is 13.6. The zero-order valence-electron chi connectivity index (χ0n) is 12.8. The number of hydrogen-bond acceptors (Lipinski definition) is 3. The van der Waals surface area contributed by atoms with Crippen molar-refractivity contribution in [1.29, 1.82) is 0 Å². The molecule has 0 bridgehead atoms. The SMILES string of the molecule is Cc1cc(C)cc(OCC(=O)Nc2ccc(SC(F)F)cc2)c1. The van der Waals surface area contributed by atoms with Gasteiger partial charge in [0, 0.05) is 10.6 Å². The molecule has 1 N–H and O–H groups in total. The average Bonchev–Trinajstić information content (AvgIpc) is 2.46. The molecule has 0 radical (unpaired) electrons. The molecule has 2 aromatic rings. The van der Waals surface area contributed by atoms with Gasteiger partial charge in [0.1, 0.15) is 5.75 Å². The molecule has 0 aromatic heterocycles. The fourth-order valence-electron chi connectivity index (χ4n) is 2.08. The van der Waals surface area contributed by atoms with Crippen LogP contribution in [0.15, 0.2) is 47.4 Å². The first-order valence-electron chi connectivity index (χ1n) is 6.98. The maximum Gasteiger partial charge on any atom is 0.288 e. The van der Waals surface area contributed by atoms with Gasteiger partial charge in [-0.25, -0.2) is 0 Å². The summed E-state index contributed by atoms with van der Waals surface area (Å²) in [5.74, 6) is -2.12. The lowest BCUT2D eigenvalue weighted by Crippen LogP contribution is -2.20. The van der Waals surface area contributed by atoms with Crippen LogP contribution in [0.1, 0.15) is 11.1 Å². The molecule has 0 unspecified atom stereocenters. The van der Waals surface area contributed by atoms with Crippen LogP contribution >= 0.6 is 11.8 Å². The Morgan fingerprint density at radius 2 is 1.74 bits per heavy atom. The molecule has 3 nitrogen and oxygen atoms in total. The third-order valence-corrected chi connectivity index (χ3v) is 3.65. The van der Waals surface area contributed by atoms with Crippen molar-refractivity contribution in [2.45, 2.75) is 24.5 Å². The minimum absolute atomic E-state index is 0.115. The summed E-state index contributed by atoms with van der Waals surface area (Å²) < 4.78 is 29.9. The van der Waals surface area contributed by atoms with E-state index in [0.29, 0.717) is 28.1 Å². The van der Waals surface area contributed by atoms with Crippen molar-refractivity contribution in [3.05, 3.63) is 53.6 Å². The lowest BCUT2D eigenvalue weighted by Gasteiger charge is -2.09. The molecule has 0 spiro atoms. The van der Waals surface area contributed by atoms with E-state index in [9.17, 15) is 13.6 Å². The third kappa shape index (κ3) is 5.90. The van der Waals surface area contributed by atoms with Gasteiger partial charge >= 0.3 is 0 Å². The highest BCUT2D eigenvalue weighted by Gasteiger charge is 2.07. The molecule has 6 heteroatoms. The molecule has 0 heterocycles. The fraction of sp³-hybridized carbons (Fsp3) is 0.235. The summed E-state index contributed by atoms with van der Waals surface area (Å²) >= 11 is 0.465. The van der Waals surface area contributed by atoms with E-state index in [0.717, 1.165) is 11.1 Å². The second-order valence-corrected chi connectivity index (χ2v) is 6.13. The van der Waals surface area contributed by atoms with E-state index < -0.39 is 5.76 Å². The Kier molecular flexibility index (Phi) is 5.98. The van der Waals surface area contributed by atoms with E-state index in [-0.39, 0.29) is 12.5 Å². The standard InChI is InChI=1S/C17H17F2NO2S/c1-11-7-12(2)9-14(8-11)22-10-16(21)20-13-3-5-15(6-4-13)23-17(18)19/h3-9,17H,10H2,1-2H3,(H,20,21). The number of aryl methyl sites for hydroxylation is 2. The molecule has 0 aliphatic rings. The highest BCUT2D eigenvalue weighted by atomic mass is 32.2. The molecule has 2 rings (SSSR count). The van der Waals surface area contributed by atoms with Crippen molar-refractivity contribution in [2.75, 3.05) is 11.9 Å². The van der Waals surface area contributed by atoms with E-state index >= 15 is 0 Å². The third-order valence-electron chi connectivity index (χ3n) is 2.93. The van der Waals surface area contributed by atoms with Crippen molar-refractivity contribution in [1.82, 2.24) is 0 Å². The molecule has 1 amide bonds. The van der Waals surface area contributed by atoms with E-state index in [4.69, 9.17) is 4.74 Å². The first-order valence-corrected chi connectivity index (χ1v) is 7.86. The molecule has 0 fully saturated rings. The number of ether oxygens (including phenoxy) is 1. The van der Waals surface area contributed by atoms with Gasteiger partial charge in [0.05, 0.1) is 0 Å². The first kappa shape index (κ1) is 17.3. The van der Waals surface area contributed by atoms with Crippen LogP contribution in [0.25, 0.3) is 0 Å². The minimum atomic E-state index is -2.46. The minimum Gasteiger partial charge on any atom is -0.484 e. The summed E-state index contributed by atoms with van der Waals surface area (Å²) in [6, 6.07) is 12.0. The van der Waals surface area contributed by atoms with Crippen molar-refractivity contribution in [3.8, 4) is 5.75 Å². The summed E-state index contributed by atoms with van der Waals surface area (Å²) in [5, 5.41) is 2.66. The van der Waals surface area contributed by atoms with E-state index in [1.54, 1.807) is 12.1 Å². The lowest BCUT2D eigenvalue weighted by molar-refractivity contribution is -0.118. The number of halogens is 2. The van der Waals surface area contributed by atoms with Crippen molar-refractivity contribution in [2.24, 2.45) is 0 Å². The number of nitrogens with one attached hydrogen (secondary N) is 1. The Morgan fingerprint density at radius 3 is 2.30 bits per heavy atom. The quantitative estimate of drug-likeness (QED) is 0.781. The summed E-state index contributed by atoms with van der Waals surface area (Å²) in [5.41, 5.74) is 2.66. The van der Waals surface area contributed by atoms with Crippen molar-refractivity contribution in [3.63, 3.8) is 0 Å². The van der Waals surface area contributed by atoms with Gasteiger partial charge in [-0.2, -0.15) is 8.78 Å². The maximum absolute atomic E-state index is 12.2. The zero-order chi connectivity index (χ0) is 16.8. The Labute approximate surface area is 138 Å². The van der Waals surface area contributed by atoms with Crippen LogP contribution in [0.5, 0.6) is 5.75 Å². The Balaban J connectivity index is 1.87.